The van der Waals surface area contributed by atoms with Gasteiger partial charge in [-0.1, -0.05) is 322 Å². The van der Waals surface area contributed by atoms with Crippen LogP contribution in [0.5, 0.6) is 0 Å². The second-order valence-corrected chi connectivity index (χ2v) is 21.1. The quantitative estimate of drug-likeness (QED) is 0.0420. The number of allylic oxidation sites excluding steroid dienone is 19. The number of aliphatic hydroxyl groups excluding tert-OH is 2. The van der Waals surface area contributed by atoms with Crippen LogP contribution in [0.15, 0.2) is 122 Å². The third kappa shape index (κ3) is 59.7. The van der Waals surface area contributed by atoms with E-state index >= 15 is 0 Å². The lowest BCUT2D eigenvalue weighted by atomic mass is 10.0. The Morgan fingerprint density at radius 2 is 0.595 bits per heavy atom. The molecule has 74 heavy (non-hydrogen) atoms. The molecule has 0 aromatic rings. The zero-order valence-electron chi connectivity index (χ0n) is 48.8. The monoisotopic (exact) mass is 1020 g/mol. The van der Waals surface area contributed by atoms with E-state index in [0.717, 1.165) is 96.3 Å². The van der Waals surface area contributed by atoms with Crippen molar-refractivity contribution >= 4 is 5.91 Å². The molecule has 0 heterocycles. The van der Waals surface area contributed by atoms with Gasteiger partial charge in [-0.3, -0.25) is 4.79 Å². The van der Waals surface area contributed by atoms with Gasteiger partial charge in [-0.25, -0.2) is 0 Å². The summed E-state index contributed by atoms with van der Waals surface area (Å²) in [5.41, 5.74) is 0. The van der Waals surface area contributed by atoms with Crippen LogP contribution >= 0.6 is 0 Å². The number of hydrogen-bond acceptors (Lipinski definition) is 3. The van der Waals surface area contributed by atoms with Crippen LogP contribution in [0.1, 0.15) is 296 Å². The Morgan fingerprint density at radius 3 is 0.892 bits per heavy atom. The molecule has 424 valence electrons. The normalized spacial score (nSPS) is 13.6. The third-order valence-electron chi connectivity index (χ3n) is 14.0. The fourth-order valence-corrected chi connectivity index (χ4v) is 9.17. The molecule has 0 aliphatic rings. The van der Waals surface area contributed by atoms with Crippen molar-refractivity contribution in [1.29, 1.82) is 0 Å². The SMILES string of the molecule is CC/C=C\C/C=C\C/C=C\C/C=C\C/C=C\C/C=C\C/C=C\C/C=C\C/C=C\CCCCCCCCCC(=O)NC(CO)C(O)/C=C/CCCCCCCCCCCCCCCCCCCCCCCCCCC. The highest BCUT2D eigenvalue weighted by Gasteiger charge is 2.18. The Hall–Kier alpha value is -3.21. The van der Waals surface area contributed by atoms with Crippen molar-refractivity contribution < 1.29 is 15.0 Å². The summed E-state index contributed by atoms with van der Waals surface area (Å²) in [5, 5.41) is 23.2. The van der Waals surface area contributed by atoms with Crippen LogP contribution in [0.2, 0.25) is 0 Å². The highest BCUT2D eigenvalue weighted by Crippen LogP contribution is 2.17. The second-order valence-electron chi connectivity index (χ2n) is 21.1. The van der Waals surface area contributed by atoms with Gasteiger partial charge in [0.2, 0.25) is 5.91 Å². The van der Waals surface area contributed by atoms with Gasteiger partial charge < -0.3 is 15.5 Å². The molecule has 0 aromatic carbocycles. The minimum absolute atomic E-state index is 0.0772. The number of aliphatic hydroxyl groups is 2. The Balaban J connectivity index is 3.59. The molecule has 0 rings (SSSR count). The molecule has 0 radical (unpaired) electrons. The van der Waals surface area contributed by atoms with E-state index < -0.39 is 12.1 Å². The van der Waals surface area contributed by atoms with Gasteiger partial charge in [0.25, 0.3) is 0 Å². The van der Waals surface area contributed by atoms with Crippen molar-refractivity contribution in [3.8, 4) is 0 Å². The fourth-order valence-electron chi connectivity index (χ4n) is 9.17. The van der Waals surface area contributed by atoms with Crippen LogP contribution in [-0.2, 0) is 4.79 Å². The lowest BCUT2D eigenvalue weighted by molar-refractivity contribution is -0.123. The Kier molecular flexibility index (Phi) is 61.3. The molecule has 0 saturated heterocycles. The van der Waals surface area contributed by atoms with Crippen LogP contribution in [0.3, 0.4) is 0 Å². The summed E-state index contributed by atoms with van der Waals surface area (Å²) >= 11 is 0. The smallest absolute Gasteiger partial charge is 0.220 e. The minimum atomic E-state index is -0.854. The summed E-state index contributed by atoms with van der Waals surface area (Å²) in [6.07, 6.45) is 98.1. The van der Waals surface area contributed by atoms with Crippen LogP contribution in [0.25, 0.3) is 0 Å². The molecule has 0 saturated carbocycles. The Morgan fingerprint density at radius 1 is 0.338 bits per heavy atom. The molecule has 3 N–H and O–H groups in total. The van der Waals surface area contributed by atoms with Gasteiger partial charge in [-0.2, -0.15) is 0 Å². The molecule has 4 nitrogen and oxygen atoms in total. The minimum Gasteiger partial charge on any atom is -0.394 e. The molecule has 2 unspecified atom stereocenters. The first-order valence-electron chi connectivity index (χ1n) is 31.7. The highest BCUT2D eigenvalue weighted by molar-refractivity contribution is 5.76. The maximum absolute atomic E-state index is 12.5. The van der Waals surface area contributed by atoms with Crippen LogP contribution in [0.4, 0.5) is 0 Å². The molecule has 0 spiro atoms. The molecule has 4 heteroatoms. The number of nitrogens with one attached hydrogen (secondary N) is 1. The van der Waals surface area contributed by atoms with Gasteiger partial charge in [-0.15, -0.1) is 0 Å². The Labute approximate surface area is 460 Å². The predicted molar refractivity (Wildman–Crippen MR) is 331 cm³/mol. The summed E-state index contributed by atoms with van der Waals surface area (Å²) in [4.78, 5) is 12.5. The number of carbonyl (C=O) groups is 1. The van der Waals surface area contributed by atoms with Crippen molar-refractivity contribution in [1.82, 2.24) is 5.32 Å². The fraction of sp³-hybridized carbons (Fsp3) is 0.700. The van der Waals surface area contributed by atoms with E-state index in [1.54, 1.807) is 6.08 Å². The molecular formula is C70H121NO3. The number of carbonyl (C=O) groups excluding carboxylic acids is 1. The van der Waals surface area contributed by atoms with Crippen molar-refractivity contribution in [3.63, 3.8) is 0 Å². The van der Waals surface area contributed by atoms with E-state index in [-0.39, 0.29) is 12.5 Å². The average Bonchev–Trinajstić information content (AvgIpc) is 3.40. The first-order chi connectivity index (χ1) is 36.7. The maximum Gasteiger partial charge on any atom is 0.220 e. The number of rotatable bonds is 57. The molecule has 0 fully saturated rings. The summed E-state index contributed by atoms with van der Waals surface area (Å²) in [5.74, 6) is -0.0772. The lowest BCUT2D eigenvalue weighted by Crippen LogP contribution is -2.45. The van der Waals surface area contributed by atoms with Crippen molar-refractivity contribution in [2.45, 2.75) is 309 Å². The van der Waals surface area contributed by atoms with Crippen molar-refractivity contribution in [3.05, 3.63) is 122 Å². The van der Waals surface area contributed by atoms with Crippen molar-refractivity contribution in [2.24, 2.45) is 0 Å². The van der Waals surface area contributed by atoms with Gasteiger partial charge in [0.15, 0.2) is 0 Å². The van der Waals surface area contributed by atoms with Gasteiger partial charge >= 0.3 is 0 Å². The third-order valence-corrected chi connectivity index (χ3v) is 14.0. The first kappa shape index (κ1) is 70.8. The highest BCUT2D eigenvalue weighted by atomic mass is 16.3. The van der Waals surface area contributed by atoms with Crippen molar-refractivity contribution in [2.75, 3.05) is 6.61 Å². The molecule has 2 atom stereocenters. The summed E-state index contributed by atoms with van der Waals surface area (Å²) < 4.78 is 0. The number of amides is 1. The first-order valence-corrected chi connectivity index (χ1v) is 31.7. The van der Waals surface area contributed by atoms with Crippen LogP contribution in [-0.4, -0.2) is 34.9 Å². The maximum atomic E-state index is 12.5. The summed E-state index contributed by atoms with van der Waals surface area (Å²) in [6, 6.07) is -0.639. The lowest BCUT2D eigenvalue weighted by Gasteiger charge is -2.20. The van der Waals surface area contributed by atoms with E-state index in [1.807, 2.05) is 6.08 Å². The number of hydrogen-bond donors (Lipinski definition) is 3. The summed E-state index contributed by atoms with van der Waals surface area (Å²) in [6.45, 7) is 4.21. The van der Waals surface area contributed by atoms with Gasteiger partial charge in [-0.05, 0) is 89.9 Å². The zero-order valence-corrected chi connectivity index (χ0v) is 48.8. The zero-order chi connectivity index (χ0) is 53.4. The van der Waals surface area contributed by atoms with Crippen LogP contribution in [0, 0.1) is 0 Å². The standard InChI is InChI=1S/C70H121NO3/c1-3-5-7-9-11-13-15-17-19-21-23-25-27-29-31-32-33-34-35-36-37-38-40-42-44-46-48-50-52-54-56-58-60-62-64-66-70(74)71-68(67-72)69(73)65-63-61-59-57-55-53-51-49-47-45-43-41-39-30-28-26-24-22-20-18-16-14-12-10-8-6-4-2/h5,7,11,13,17,19,23,25,29,31,33-34,36-37,40,42,46,48,63,65,68-69,72-73H,3-4,6,8-10,12,14-16,18,20-22,24,26-28,30,32,35,38-39,41,43-45,47,49-62,64,66-67H2,1-2H3,(H,71,74)/b7-5-,13-11-,19-17-,25-23-,31-29-,34-33-,37-36-,42-40-,48-46-,65-63+. The van der Waals surface area contributed by atoms with E-state index in [4.69, 9.17) is 0 Å². The van der Waals surface area contributed by atoms with E-state index in [1.165, 1.54) is 180 Å². The molecule has 0 aromatic heterocycles. The molecule has 1 amide bonds. The van der Waals surface area contributed by atoms with Gasteiger partial charge in [0, 0.05) is 6.42 Å². The van der Waals surface area contributed by atoms with E-state index in [0.29, 0.717) is 6.42 Å². The number of unbranched alkanes of at least 4 members (excludes halogenated alkanes) is 32. The topological polar surface area (TPSA) is 69.6 Å². The molecule has 0 bridgehead atoms. The average molecular weight is 1020 g/mol. The van der Waals surface area contributed by atoms with E-state index in [2.05, 4.69) is 129 Å². The van der Waals surface area contributed by atoms with Crippen LogP contribution < -0.4 is 5.32 Å². The molecular weight excluding hydrogens is 903 g/mol. The second kappa shape index (κ2) is 64.1. The van der Waals surface area contributed by atoms with Gasteiger partial charge in [0.1, 0.15) is 0 Å². The summed E-state index contributed by atoms with van der Waals surface area (Å²) in [7, 11) is 0. The Bertz CT molecular complexity index is 1440. The largest absolute Gasteiger partial charge is 0.394 e. The van der Waals surface area contributed by atoms with Gasteiger partial charge in [0.05, 0.1) is 18.8 Å². The van der Waals surface area contributed by atoms with E-state index in [9.17, 15) is 15.0 Å². The molecule has 0 aliphatic heterocycles. The predicted octanol–water partition coefficient (Wildman–Crippen LogP) is 21.6. The molecule has 0 aliphatic carbocycles.